The van der Waals surface area contributed by atoms with Gasteiger partial charge in [0, 0.05) is 12.2 Å². The Morgan fingerprint density at radius 1 is 1.32 bits per heavy atom. The molecular weight excluding hydrogens is 320 g/mol. The zero-order chi connectivity index (χ0) is 17.4. The van der Waals surface area contributed by atoms with Crippen LogP contribution >= 0.6 is 0 Å². The van der Waals surface area contributed by atoms with E-state index < -0.39 is 11.5 Å². The molecule has 0 bridgehead atoms. The van der Waals surface area contributed by atoms with E-state index in [1.807, 2.05) is 30.3 Å². The Kier molecular flexibility index (Phi) is 3.44. The first kappa shape index (κ1) is 15.2. The molecule has 25 heavy (non-hydrogen) atoms. The summed E-state index contributed by atoms with van der Waals surface area (Å²) in [7, 11) is 0. The van der Waals surface area contributed by atoms with Crippen LogP contribution in [0.15, 0.2) is 36.7 Å². The minimum Gasteiger partial charge on any atom is -0.325 e. The molecular formula is C17H14N6O2. The predicted molar refractivity (Wildman–Crippen MR) is 88.5 cm³/mol. The summed E-state index contributed by atoms with van der Waals surface area (Å²) in [4.78, 5) is 32.7. The number of amides is 2. The van der Waals surface area contributed by atoms with Crippen molar-refractivity contribution in [3.05, 3.63) is 48.0 Å². The largest absolute Gasteiger partial charge is 0.325 e. The van der Waals surface area contributed by atoms with Crippen molar-refractivity contribution in [3.63, 3.8) is 0 Å². The van der Waals surface area contributed by atoms with E-state index in [-0.39, 0.29) is 17.6 Å². The van der Waals surface area contributed by atoms with Gasteiger partial charge in [0.25, 0.3) is 0 Å². The molecule has 2 atom stereocenters. The van der Waals surface area contributed by atoms with Gasteiger partial charge in [0.05, 0.1) is 29.5 Å². The highest BCUT2D eigenvalue weighted by Gasteiger charge is 2.52. The number of para-hydroxylation sites is 1. The van der Waals surface area contributed by atoms with Crippen molar-refractivity contribution in [2.45, 2.75) is 17.9 Å². The van der Waals surface area contributed by atoms with Gasteiger partial charge in [-0.2, -0.15) is 5.26 Å². The molecule has 0 radical (unpaired) electrons. The second kappa shape index (κ2) is 5.65. The first-order valence-corrected chi connectivity index (χ1v) is 7.80. The second-order valence-corrected chi connectivity index (χ2v) is 6.12. The van der Waals surface area contributed by atoms with Crippen LogP contribution in [0.25, 0.3) is 0 Å². The van der Waals surface area contributed by atoms with Gasteiger partial charge in [-0.25, -0.2) is 9.97 Å². The lowest BCUT2D eigenvalue weighted by molar-refractivity contribution is -0.120. The molecule has 2 aliphatic heterocycles. The number of nitriles is 1. The van der Waals surface area contributed by atoms with Crippen molar-refractivity contribution in [1.82, 2.24) is 15.3 Å². The number of aromatic nitrogens is 2. The first-order valence-electron chi connectivity index (χ1n) is 7.80. The van der Waals surface area contributed by atoms with Crippen LogP contribution in [0.5, 0.6) is 0 Å². The van der Waals surface area contributed by atoms with Gasteiger partial charge >= 0.3 is 0 Å². The van der Waals surface area contributed by atoms with Crippen LogP contribution in [-0.2, 0) is 15.0 Å². The molecule has 0 saturated carbocycles. The maximum absolute atomic E-state index is 12.5. The number of rotatable bonds is 2. The summed E-state index contributed by atoms with van der Waals surface area (Å²) in [5, 5.41) is 17.4. The smallest absolute Gasteiger partial charge is 0.241 e. The molecule has 1 fully saturated rings. The van der Waals surface area contributed by atoms with E-state index in [9.17, 15) is 9.59 Å². The Bertz CT molecular complexity index is 904. The number of nitrogens with zero attached hydrogens (tertiary/aromatic N) is 3. The molecule has 1 saturated heterocycles. The fourth-order valence-electron chi connectivity index (χ4n) is 3.41. The normalized spacial score (nSPS) is 23.8. The van der Waals surface area contributed by atoms with Gasteiger partial charge in [0.2, 0.25) is 17.6 Å². The van der Waals surface area contributed by atoms with E-state index in [1.165, 1.54) is 12.4 Å². The summed E-state index contributed by atoms with van der Waals surface area (Å²) >= 11 is 0. The monoisotopic (exact) mass is 334 g/mol. The van der Waals surface area contributed by atoms with Crippen LogP contribution in [0, 0.1) is 11.3 Å². The molecule has 3 heterocycles. The highest BCUT2D eigenvalue weighted by atomic mass is 16.2. The van der Waals surface area contributed by atoms with Gasteiger partial charge in [-0.1, -0.05) is 18.2 Å². The van der Waals surface area contributed by atoms with Crippen LogP contribution in [0.1, 0.15) is 17.8 Å². The fourth-order valence-corrected chi connectivity index (χ4v) is 3.41. The quantitative estimate of drug-likeness (QED) is 0.737. The fraction of sp³-hybridized carbons (Fsp3) is 0.235. The van der Waals surface area contributed by atoms with E-state index in [2.05, 4.69) is 25.9 Å². The van der Waals surface area contributed by atoms with Crippen LogP contribution < -0.4 is 16.0 Å². The molecule has 8 nitrogen and oxygen atoms in total. The van der Waals surface area contributed by atoms with Crippen molar-refractivity contribution < 1.29 is 9.59 Å². The number of carbonyl (C=O) groups is 2. The van der Waals surface area contributed by atoms with Gasteiger partial charge < -0.3 is 16.0 Å². The third kappa shape index (κ3) is 2.42. The predicted octanol–water partition coefficient (Wildman–Crippen LogP) is 0.539. The van der Waals surface area contributed by atoms with Gasteiger partial charge in [0.1, 0.15) is 6.07 Å². The second-order valence-electron chi connectivity index (χ2n) is 6.12. The minimum absolute atomic E-state index is 0.0372. The summed E-state index contributed by atoms with van der Waals surface area (Å²) in [6, 6.07) is 8.86. The topological polar surface area (TPSA) is 120 Å². The van der Waals surface area contributed by atoms with Crippen molar-refractivity contribution >= 4 is 23.2 Å². The Morgan fingerprint density at radius 2 is 2.08 bits per heavy atom. The van der Waals surface area contributed by atoms with Gasteiger partial charge in [0.15, 0.2) is 0 Å². The first-order chi connectivity index (χ1) is 12.1. The maximum Gasteiger partial charge on any atom is 0.241 e. The maximum atomic E-state index is 12.5. The molecule has 1 aromatic carbocycles. The minimum atomic E-state index is -0.722. The summed E-state index contributed by atoms with van der Waals surface area (Å²) < 4.78 is 0. The van der Waals surface area contributed by atoms with Crippen molar-refractivity contribution in [3.8, 4) is 6.07 Å². The van der Waals surface area contributed by atoms with E-state index >= 15 is 0 Å². The van der Waals surface area contributed by atoms with E-state index in [0.717, 1.165) is 11.3 Å². The van der Waals surface area contributed by atoms with Crippen LogP contribution in [-0.4, -0.2) is 34.4 Å². The molecule has 2 aromatic rings. The molecule has 124 valence electrons. The van der Waals surface area contributed by atoms with Gasteiger partial charge in [-0.3, -0.25) is 9.59 Å². The number of hydrogen-bond acceptors (Lipinski definition) is 6. The van der Waals surface area contributed by atoms with E-state index in [0.29, 0.717) is 18.7 Å². The third-order valence-corrected chi connectivity index (χ3v) is 4.66. The SMILES string of the molecule is N#Cc1ncc(NC(=O)C2CC3(CN2)C(=O)Nc2ccccc23)cn1. The Morgan fingerprint density at radius 3 is 2.84 bits per heavy atom. The Labute approximate surface area is 143 Å². The Hall–Kier alpha value is -3.31. The molecule has 8 heteroatoms. The number of benzene rings is 1. The molecule has 1 spiro atoms. The summed E-state index contributed by atoms with van der Waals surface area (Å²) in [6.07, 6.45) is 3.14. The molecule has 1 aromatic heterocycles. The highest BCUT2D eigenvalue weighted by Crippen LogP contribution is 2.43. The third-order valence-electron chi connectivity index (χ3n) is 4.66. The summed E-state index contributed by atoms with van der Waals surface area (Å²) in [5.74, 6) is -0.309. The standard InChI is InChI=1S/C17H14N6O2/c18-6-14-19-7-10(8-20-14)22-15(24)13-5-17(9-21-13)11-3-1-2-4-12(11)23-16(17)25/h1-4,7-8,13,21H,5,9H2,(H,22,24)(H,23,25). The number of anilines is 2. The molecule has 2 unspecified atom stereocenters. The molecule has 2 amide bonds. The molecule has 4 rings (SSSR count). The van der Waals surface area contributed by atoms with Crippen LogP contribution in [0.3, 0.4) is 0 Å². The van der Waals surface area contributed by atoms with Gasteiger partial charge in [-0.05, 0) is 18.1 Å². The van der Waals surface area contributed by atoms with Crippen molar-refractivity contribution in [1.29, 1.82) is 5.26 Å². The lowest BCUT2D eigenvalue weighted by Gasteiger charge is -2.20. The molecule has 2 aliphatic rings. The number of hydrogen-bond donors (Lipinski definition) is 3. The van der Waals surface area contributed by atoms with Crippen molar-refractivity contribution in [2.75, 3.05) is 17.2 Å². The highest BCUT2D eigenvalue weighted by molar-refractivity contribution is 6.08. The summed E-state index contributed by atoms with van der Waals surface area (Å²) in [5.41, 5.74) is 1.41. The number of fused-ring (bicyclic) bond motifs is 2. The lowest BCUT2D eigenvalue weighted by atomic mass is 9.79. The van der Waals surface area contributed by atoms with Crippen LogP contribution in [0.4, 0.5) is 11.4 Å². The zero-order valence-electron chi connectivity index (χ0n) is 13.1. The average molecular weight is 334 g/mol. The van der Waals surface area contributed by atoms with E-state index in [4.69, 9.17) is 5.26 Å². The zero-order valence-corrected chi connectivity index (χ0v) is 13.1. The lowest BCUT2D eigenvalue weighted by Crippen LogP contribution is -2.36. The summed E-state index contributed by atoms with van der Waals surface area (Å²) in [6.45, 7) is 0.401. The average Bonchev–Trinajstić information content (AvgIpc) is 3.20. The van der Waals surface area contributed by atoms with Gasteiger partial charge in [-0.15, -0.1) is 0 Å². The van der Waals surface area contributed by atoms with Crippen molar-refractivity contribution in [2.24, 2.45) is 0 Å². The Balaban J connectivity index is 1.51. The number of carbonyl (C=O) groups excluding carboxylic acids is 2. The molecule has 0 aliphatic carbocycles. The molecule has 3 N–H and O–H groups in total. The van der Waals surface area contributed by atoms with Crippen LogP contribution in [0.2, 0.25) is 0 Å². The number of nitrogens with one attached hydrogen (secondary N) is 3. The van der Waals surface area contributed by atoms with E-state index in [1.54, 1.807) is 0 Å².